The van der Waals surface area contributed by atoms with Crippen molar-refractivity contribution in [1.29, 1.82) is 0 Å². The number of para-hydroxylation sites is 6. The SMILES string of the molecule is [2H]c1c([2H])c([2H])c(-c2cnc(N3c4[c-]c(Oc5[c-]c(-n6[c](=[Pt])n(-c7c(-c8ccccc8)cccc7-c7ccccc7)c7ccccc76)ccc5)ccc4-c4ccccc4N(c4cccc(C(C)(C)C)c4)c4ccccc4-c4ccccc43)cc2C)c([2H])c1[2H]. The quantitative estimate of drug-likeness (QED) is 0.135. The number of hydrogen-bond donors (Lipinski definition) is 0. The van der Waals surface area contributed by atoms with Gasteiger partial charge in [0, 0.05) is 23.0 Å². The number of ether oxygens (including phenoxy) is 1. The monoisotopic (exact) mass is 1270 g/mol. The van der Waals surface area contributed by atoms with Gasteiger partial charge < -0.3 is 4.90 Å². The summed E-state index contributed by atoms with van der Waals surface area (Å²) < 4.78 is 56.0. The molecule has 1 aliphatic rings. The molecule has 0 bridgehead atoms. The minimum atomic E-state index is -0.454. The van der Waals surface area contributed by atoms with Crippen molar-refractivity contribution in [2.24, 2.45) is 0 Å². The Labute approximate surface area is 508 Å². The van der Waals surface area contributed by atoms with Crippen LogP contribution >= 0.6 is 0 Å². The van der Waals surface area contributed by atoms with Gasteiger partial charge in [-0.2, -0.15) is 0 Å². The van der Waals surface area contributed by atoms with Crippen LogP contribution in [0.3, 0.4) is 0 Å². The average Bonchev–Trinajstić information content (AvgIpc) is 1.79. The molecule has 7 heteroatoms. The van der Waals surface area contributed by atoms with Crippen LogP contribution in [-0.4, -0.2) is 14.1 Å². The molecular weight excluding hydrogens is 1210 g/mol. The average molecular weight is 1270 g/mol. The van der Waals surface area contributed by atoms with Crippen molar-refractivity contribution in [3.05, 3.63) is 300 Å². The number of aromatic nitrogens is 3. The molecule has 2 aromatic heterocycles. The van der Waals surface area contributed by atoms with Crippen LogP contribution in [0, 0.1) is 22.9 Å². The van der Waals surface area contributed by atoms with Gasteiger partial charge in [-0.15, -0.1) is 0 Å². The van der Waals surface area contributed by atoms with E-state index in [0.717, 1.165) is 93.5 Å². The van der Waals surface area contributed by atoms with Crippen LogP contribution in [0.2, 0.25) is 0 Å². The Morgan fingerprint density at radius 2 is 1.00 bits per heavy atom. The van der Waals surface area contributed by atoms with E-state index in [4.69, 9.17) is 16.6 Å². The summed E-state index contributed by atoms with van der Waals surface area (Å²) in [5, 5.41) is 0. The van der Waals surface area contributed by atoms with Crippen LogP contribution in [0.25, 0.3) is 78.0 Å². The van der Waals surface area contributed by atoms with Gasteiger partial charge in [0.25, 0.3) is 0 Å². The van der Waals surface area contributed by atoms with E-state index >= 15 is 0 Å². The van der Waals surface area contributed by atoms with Crippen molar-refractivity contribution in [2.45, 2.75) is 33.1 Å². The summed E-state index contributed by atoms with van der Waals surface area (Å²) in [5.41, 5.74) is 18.4. The van der Waals surface area contributed by atoms with E-state index in [-0.39, 0.29) is 23.1 Å². The summed E-state index contributed by atoms with van der Waals surface area (Å²) in [7, 11) is 0. The maximum absolute atomic E-state index is 8.97. The normalized spacial score (nSPS) is 12.9. The van der Waals surface area contributed by atoms with Gasteiger partial charge in [-0.3, -0.25) is 0 Å². The first kappa shape index (κ1) is 46.7. The minimum Gasteiger partial charge on any atom is -0.0616 e. The molecule has 84 heavy (non-hydrogen) atoms. The summed E-state index contributed by atoms with van der Waals surface area (Å²) in [5.74, 6) is 1.39. The second-order valence-corrected chi connectivity index (χ2v) is 22.8. The molecule has 1 aliphatic heterocycles. The molecule has 11 aromatic carbocycles. The van der Waals surface area contributed by atoms with Crippen molar-refractivity contribution in [1.82, 2.24) is 14.1 Å². The van der Waals surface area contributed by atoms with E-state index < -0.39 is 18.1 Å². The zero-order chi connectivity index (χ0) is 61.2. The van der Waals surface area contributed by atoms with Crippen molar-refractivity contribution >= 4 is 45.3 Å². The Morgan fingerprint density at radius 3 is 1.63 bits per heavy atom. The van der Waals surface area contributed by atoms with Crippen LogP contribution in [-0.2, 0) is 24.8 Å². The number of fused-ring (bicyclic) bond motifs is 7. The molecule has 0 unspecified atom stereocenters. The fraction of sp³-hybridized carbons (Fsp3) is 0.0649. The van der Waals surface area contributed by atoms with E-state index in [1.54, 1.807) is 6.20 Å². The summed E-state index contributed by atoms with van der Waals surface area (Å²) in [6.07, 6.45) is 1.62. The molecule has 0 aliphatic carbocycles. The summed E-state index contributed by atoms with van der Waals surface area (Å²) >= 11 is 2.46. The first-order valence-corrected chi connectivity index (χ1v) is 29.1. The predicted octanol–water partition coefficient (Wildman–Crippen LogP) is 20.5. The zero-order valence-corrected chi connectivity index (χ0v) is 48.8. The van der Waals surface area contributed by atoms with E-state index in [1.165, 1.54) is 5.56 Å². The molecule has 408 valence electrons. The van der Waals surface area contributed by atoms with Crippen molar-refractivity contribution in [3.63, 3.8) is 0 Å². The van der Waals surface area contributed by atoms with E-state index in [9.17, 15) is 0 Å². The summed E-state index contributed by atoms with van der Waals surface area (Å²) in [4.78, 5) is 9.66. The summed E-state index contributed by atoms with van der Waals surface area (Å²) in [6.45, 7) is 8.60. The topological polar surface area (TPSA) is 38.5 Å². The van der Waals surface area contributed by atoms with Crippen LogP contribution in [0.4, 0.5) is 34.3 Å². The third-order valence-electron chi connectivity index (χ3n) is 15.6. The van der Waals surface area contributed by atoms with Gasteiger partial charge >= 0.3 is 306 Å². The maximum atomic E-state index is 8.97. The minimum absolute atomic E-state index is 0.0832. The number of pyridine rings is 1. The molecule has 0 saturated heterocycles. The molecule has 0 N–H and O–H groups in total. The summed E-state index contributed by atoms with van der Waals surface area (Å²) in [6, 6.07) is 87.7. The number of hydrogen-bond acceptors (Lipinski definition) is 4. The Bertz CT molecular complexity index is 4910. The van der Waals surface area contributed by atoms with Gasteiger partial charge in [0.05, 0.1) is 12.5 Å². The number of anilines is 6. The molecule has 0 amide bonds. The fourth-order valence-corrected chi connectivity index (χ4v) is 12.7. The zero-order valence-electron chi connectivity index (χ0n) is 51.6. The molecule has 6 nitrogen and oxygen atoms in total. The molecule has 0 radical (unpaired) electrons. The predicted molar refractivity (Wildman–Crippen MR) is 341 cm³/mol. The molecule has 3 heterocycles. The number of imidazole rings is 1. The first-order valence-electron chi connectivity index (χ1n) is 30.4. The Kier molecular flexibility index (Phi) is 12.1. The third-order valence-corrected chi connectivity index (χ3v) is 16.6. The molecule has 0 spiro atoms. The second kappa shape index (κ2) is 21.8. The van der Waals surface area contributed by atoms with Crippen LogP contribution < -0.4 is 14.5 Å². The van der Waals surface area contributed by atoms with Gasteiger partial charge in [-0.1, -0.05) is 112 Å². The van der Waals surface area contributed by atoms with E-state index in [2.05, 4.69) is 271 Å². The van der Waals surface area contributed by atoms with Crippen molar-refractivity contribution in [2.75, 3.05) is 9.80 Å². The molecule has 0 fully saturated rings. The van der Waals surface area contributed by atoms with Crippen LogP contribution in [0.1, 0.15) is 38.8 Å². The van der Waals surface area contributed by atoms with Crippen molar-refractivity contribution in [3.8, 4) is 78.5 Å². The van der Waals surface area contributed by atoms with E-state index in [1.807, 2.05) is 43.3 Å². The van der Waals surface area contributed by atoms with Gasteiger partial charge in [-0.05, 0) is 53.3 Å². The molecule has 0 atom stereocenters. The van der Waals surface area contributed by atoms with Crippen LogP contribution in [0.15, 0.2) is 273 Å². The number of aryl methyl sites for hydroxylation is 1. The smallest absolute Gasteiger partial charge is 0.0616 e. The Balaban J connectivity index is 0.970. The number of rotatable bonds is 9. The fourth-order valence-electron chi connectivity index (χ4n) is 11.6. The number of nitrogens with zero attached hydrogens (tertiary/aromatic N) is 5. The van der Waals surface area contributed by atoms with Gasteiger partial charge in [0.2, 0.25) is 0 Å². The van der Waals surface area contributed by atoms with Crippen molar-refractivity contribution < 1.29 is 30.9 Å². The number of benzene rings is 11. The molecule has 13 aromatic rings. The van der Waals surface area contributed by atoms with Gasteiger partial charge in [0.15, 0.2) is 0 Å². The van der Waals surface area contributed by atoms with E-state index in [0.29, 0.717) is 34.1 Å². The van der Waals surface area contributed by atoms with Gasteiger partial charge in [0.1, 0.15) is 0 Å². The van der Waals surface area contributed by atoms with Gasteiger partial charge in [-0.25, -0.2) is 0 Å². The molecular formula is C77H57N5OPt-2. The standard InChI is InChI=1S/C77H57N5O.Pt/c1-53-47-75(78-51-68(53)56-29-12-7-13-30-56)82-71-42-19-16-36-65(71)64-35-14-17-40-69(64)81(59-33-22-31-57(48-59)77(2,3)4)70-41-18-15-37-66(70)67-46-45-61(50-74(67)82)83-60-34-23-32-58(49-60)79-52-80(73-44-21-20-43-72(73)79)76-62(54-25-8-5-9-26-54)38-24-39-63(76)55-27-10-6-11-28-55;/h5-48,51H,1-4H3;/q-2;/i7D,12D,13D,29D,30D;. The third kappa shape index (κ3) is 9.49. The molecule has 14 rings (SSSR count). The van der Waals surface area contributed by atoms with Crippen LogP contribution in [0.5, 0.6) is 11.5 Å². The first-order chi connectivity index (χ1) is 43.2. The molecule has 0 saturated carbocycles. The Morgan fingerprint density at radius 1 is 0.464 bits per heavy atom. The second-order valence-electron chi connectivity index (χ2n) is 21.8. The Hall–Kier alpha value is -9.87.